The minimum absolute atomic E-state index is 0.193. The molecule has 1 aromatic carbocycles. The second-order valence-electron chi connectivity index (χ2n) is 15.7. The molecule has 3 aromatic rings. The molecule has 2 atom stereocenters. The predicted octanol–water partition coefficient (Wildman–Crippen LogP) is 5.25. The maximum Gasteiger partial charge on any atom is 0.310 e. The highest BCUT2D eigenvalue weighted by Gasteiger charge is 2.54. The Morgan fingerprint density at radius 2 is 1.85 bits per heavy atom. The summed E-state index contributed by atoms with van der Waals surface area (Å²) in [5.41, 5.74) is 1.88. The fourth-order valence-electron chi connectivity index (χ4n) is 9.03. The van der Waals surface area contributed by atoms with E-state index >= 15 is 0 Å². The number of carbonyl (C=O) groups is 1. The molecule has 2 aliphatic carbocycles. The average molecular weight is 657 g/mol. The van der Waals surface area contributed by atoms with Crippen molar-refractivity contribution in [2.75, 3.05) is 44.2 Å². The van der Waals surface area contributed by atoms with Gasteiger partial charge in [0.05, 0.1) is 11.1 Å². The Labute approximate surface area is 280 Å². The number of nitrogens with zero attached hydrogens (tertiary/aromatic N) is 8. The van der Waals surface area contributed by atoms with Crippen molar-refractivity contribution >= 4 is 11.8 Å². The van der Waals surface area contributed by atoms with Crippen LogP contribution in [0.4, 0.5) is 10.2 Å². The van der Waals surface area contributed by atoms with Crippen LogP contribution in [-0.4, -0.2) is 97.4 Å². The van der Waals surface area contributed by atoms with E-state index in [9.17, 15) is 14.3 Å². The molecule has 11 nitrogen and oxygen atoms in total. The maximum atomic E-state index is 14.6. The Hall–Kier alpha value is -3.77. The minimum Gasteiger partial charge on any atom is -0.481 e. The van der Waals surface area contributed by atoms with E-state index in [1.54, 1.807) is 18.6 Å². The highest BCUT2D eigenvalue weighted by Crippen LogP contribution is 2.49. The molecule has 3 saturated heterocycles. The van der Waals surface area contributed by atoms with Crippen molar-refractivity contribution in [2.24, 2.45) is 22.7 Å². The van der Waals surface area contributed by atoms with Crippen LogP contribution in [0, 0.1) is 28.5 Å². The summed E-state index contributed by atoms with van der Waals surface area (Å²) in [5, 5.41) is 18.1. The number of likely N-dealkylation sites (tertiary alicyclic amines) is 2. The van der Waals surface area contributed by atoms with Crippen LogP contribution in [-0.2, 0) is 4.79 Å². The van der Waals surface area contributed by atoms with Gasteiger partial charge in [0.1, 0.15) is 24.2 Å². The predicted molar refractivity (Wildman–Crippen MR) is 177 cm³/mol. The first-order valence-corrected chi connectivity index (χ1v) is 17.5. The summed E-state index contributed by atoms with van der Waals surface area (Å²) in [4.78, 5) is 32.6. The maximum absolute atomic E-state index is 14.6. The van der Waals surface area contributed by atoms with Gasteiger partial charge in [0.2, 0.25) is 0 Å². The third-order valence-corrected chi connectivity index (χ3v) is 11.8. The van der Waals surface area contributed by atoms with Crippen molar-refractivity contribution in [3.8, 4) is 22.8 Å². The van der Waals surface area contributed by atoms with Gasteiger partial charge in [0.25, 0.3) is 5.88 Å². The first kappa shape index (κ1) is 31.5. The molecular formula is C36H45FN8O3. The Morgan fingerprint density at radius 1 is 1.04 bits per heavy atom. The van der Waals surface area contributed by atoms with Crippen molar-refractivity contribution in [2.45, 2.75) is 77.3 Å². The van der Waals surface area contributed by atoms with Gasteiger partial charge in [-0.3, -0.25) is 14.6 Å². The van der Waals surface area contributed by atoms with E-state index in [0.717, 1.165) is 82.5 Å². The molecule has 254 valence electrons. The van der Waals surface area contributed by atoms with Crippen molar-refractivity contribution in [1.82, 2.24) is 34.9 Å². The number of aromatic nitrogens is 5. The van der Waals surface area contributed by atoms with Crippen LogP contribution in [0.3, 0.4) is 0 Å². The zero-order valence-corrected chi connectivity index (χ0v) is 28.1. The molecule has 12 heteroatoms. The Bertz CT molecular complexity index is 1690. The first-order chi connectivity index (χ1) is 23.1. The van der Waals surface area contributed by atoms with Crippen molar-refractivity contribution in [3.05, 3.63) is 48.6 Å². The van der Waals surface area contributed by atoms with Crippen LogP contribution in [0.1, 0.15) is 70.9 Å². The van der Waals surface area contributed by atoms with Crippen LogP contribution >= 0.6 is 0 Å². The van der Waals surface area contributed by atoms with Gasteiger partial charge in [-0.2, -0.15) is 0 Å². The van der Waals surface area contributed by atoms with E-state index in [-0.39, 0.29) is 11.2 Å². The van der Waals surface area contributed by atoms with Crippen LogP contribution < -0.4 is 9.64 Å². The van der Waals surface area contributed by atoms with Crippen LogP contribution in [0.5, 0.6) is 11.6 Å². The third kappa shape index (κ3) is 5.70. The molecule has 5 aliphatic rings. The molecule has 5 fully saturated rings. The number of hydrogen-bond donors (Lipinski definition) is 1. The number of rotatable bonds is 10. The third-order valence-electron chi connectivity index (χ3n) is 11.8. The lowest BCUT2D eigenvalue weighted by Crippen LogP contribution is -2.65. The van der Waals surface area contributed by atoms with Gasteiger partial charge >= 0.3 is 5.97 Å². The molecule has 5 heterocycles. The molecule has 0 bridgehead atoms. The van der Waals surface area contributed by atoms with E-state index < -0.39 is 11.4 Å². The van der Waals surface area contributed by atoms with Crippen molar-refractivity contribution in [1.29, 1.82) is 0 Å². The second kappa shape index (κ2) is 12.0. The quantitative estimate of drug-likeness (QED) is 0.308. The van der Waals surface area contributed by atoms with E-state index in [1.165, 1.54) is 18.5 Å². The normalized spacial score (nSPS) is 27.6. The van der Waals surface area contributed by atoms with Gasteiger partial charge in [-0.25, -0.2) is 19.3 Å². The summed E-state index contributed by atoms with van der Waals surface area (Å²) >= 11 is 0. The summed E-state index contributed by atoms with van der Waals surface area (Å²) in [5.74, 6) is 1.98. The molecule has 8 rings (SSSR count). The van der Waals surface area contributed by atoms with E-state index in [0.29, 0.717) is 59.4 Å². The molecule has 1 N–H and O–H groups in total. The topological polar surface area (TPSA) is 121 Å². The van der Waals surface area contributed by atoms with E-state index in [4.69, 9.17) is 4.74 Å². The number of halogens is 1. The molecule has 1 unspecified atom stereocenters. The number of anilines is 1. The smallest absolute Gasteiger partial charge is 0.310 e. The first-order valence-electron chi connectivity index (χ1n) is 17.5. The van der Waals surface area contributed by atoms with Crippen LogP contribution in [0.25, 0.3) is 11.1 Å². The molecule has 2 aromatic heterocycles. The van der Waals surface area contributed by atoms with Gasteiger partial charge in [0, 0.05) is 73.5 Å². The monoisotopic (exact) mass is 656 g/mol. The number of carboxylic acids is 1. The summed E-state index contributed by atoms with van der Waals surface area (Å²) < 4.78 is 21.0. The number of carboxylic acid groups (broad SMARTS) is 1. The highest BCUT2D eigenvalue weighted by atomic mass is 19.1. The van der Waals surface area contributed by atoms with E-state index in [2.05, 4.69) is 53.7 Å². The standard InChI is InChI=1S/C36H45FN8O3/c1-22(2)31(24-12-26(13-24)43-10-8-35(3,16-43)34(46)47)45-18-36(19-45)9-11-44(17-36)32-33(42-41-21-40-32)48-29-7-6-25(37)14-27(29)28-15-38-20-39-30(28)23-4-5-23/h6-7,14-15,20-24,26,31H,4-5,8-13,16-19H2,1-3H3,(H,46,47)/t24?,26?,31-,35?/m1/s1. The molecule has 0 amide bonds. The van der Waals surface area contributed by atoms with Gasteiger partial charge in [-0.1, -0.05) is 13.8 Å². The van der Waals surface area contributed by atoms with Gasteiger partial charge in [0.15, 0.2) is 5.82 Å². The molecule has 2 saturated carbocycles. The minimum atomic E-state index is -0.668. The zero-order chi connectivity index (χ0) is 33.2. The zero-order valence-electron chi connectivity index (χ0n) is 28.1. The van der Waals surface area contributed by atoms with Gasteiger partial charge in [-0.05, 0) is 82.0 Å². The van der Waals surface area contributed by atoms with Gasteiger partial charge in [-0.15, -0.1) is 10.2 Å². The lowest BCUT2D eigenvalue weighted by Gasteiger charge is -2.57. The fourth-order valence-corrected chi connectivity index (χ4v) is 9.03. The van der Waals surface area contributed by atoms with E-state index in [1.807, 2.05) is 6.92 Å². The van der Waals surface area contributed by atoms with Gasteiger partial charge < -0.3 is 14.7 Å². The number of ether oxygens (including phenoxy) is 1. The van der Waals surface area contributed by atoms with Crippen molar-refractivity contribution in [3.63, 3.8) is 0 Å². The fraction of sp³-hybridized carbons (Fsp3) is 0.611. The Balaban J connectivity index is 0.933. The number of hydrogen-bond acceptors (Lipinski definition) is 10. The lowest BCUT2D eigenvalue weighted by atomic mass is 9.68. The lowest BCUT2D eigenvalue weighted by molar-refractivity contribution is -0.147. The second-order valence-corrected chi connectivity index (χ2v) is 15.7. The molecular weight excluding hydrogens is 611 g/mol. The number of benzene rings is 1. The molecule has 0 radical (unpaired) electrons. The molecule has 1 spiro atoms. The van der Waals surface area contributed by atoms with Crippen molar-refractivity contribution < 1.29 is 19.0 Å². The summed E-state index contributed by atoms with van der Waals surface area (Å²) in [6.45, 7) is 12.0. The van der Waals surface area contributed by atoms with Crippen LogP contribution in [0.15, 0.2) is 37.1 Å². The Morgan fingerprint density at radius 3 is 2.58 bits per heavy atom. The van der Waals surface area contributed by atoms with Crippen LogP contribution in [0.2, 0.25) is 0 Å². The highest BCUT2D eigenvalue weighted by molar-refractivity contribution is 5.75. The SMILES string of the molecule is CC(C)[C@H](C1CC(N2CCC(C)(C(=O)O)C2)C1)N1CC2(CCN(c3ncnnc3Oc3ccc(F)cc3-c3cncnc3C3CC3)C2)C1. The largest absolute Gasteiger partial charge is 0.481 e. The Kier molecular flexibility index (Phi) is 7.86. The molecule has 48 heavy (non-hydrogen) atoms. The number of aliphatic carboxylic acids is 1. The summed E-state index contributed by atoms with van der Waals surface area (Å²) in [7, 11) is 0. The average Bonchev–Trinajstić information content (AvgIpc) is 3.66. The summed E-state index contributed by atoms with van der Waals surface area (Å²) in [6, 6.07) is 5.55. The molecule has 3 aliphatic heterocycles. The summed E-state index contributed by atoms with van der Waals surface area (Å²) in [6.07, 6.45) is 11.0.